The predicted molar refractivity (Wildman–Crippen MR) is 109 cm³/mol. The van der Waals surface area contributed by atoms with E-state index in [0.29, 0.717) is 0 Å². The van der Waals surface area contributed by atoms with Crippen LogP contribution in [0.2, 0.25) is 0 Å². The highest BCUT2D eigenvalue weighted by molar-refractivity contribution is 5.86. The molecule has 23 heavy (non-hydrogen) atoms. The molecule has 1 saturated carbocycles. The average molecular weight is 391 g/mol. The summed E-state index contributed by atoms with van der Waals surface area (Å²) in [6, 6.07) is 0.801. The Kier molecular flexibility index (Phi) is 17.0. The Morgan fingerprint density at radius 3 is 1.91 bits per heavy atom. The van der Waals surface area contributed by atoms with Crippen LogP contribution in [-0.4, -0.2) is 61.7 Å². The molecule has 1 N–H and O–H groups in total. The fourth-order valence-electron chi connectivity index (χ4n) is 4.02. The number of nitrogens with zero attached hydrogens (tertiary/aromatic N) is 2. The second-order valence-electron chi connectivity index (χ2n) is 6.59. The topological polar surface area (TPSA) is 18.5 Å². The van der Waals surface area contributed by atoms with Crippen molar-refractivity contribution >= 4 is 37.2 Å². The van der Waals surface area contributed by atoms with Crippen LogP contribution >= 0.6 is 37.2 Å². The van der Waals surface area contributed by atoms with Gasteiger partial charge in [0.1, 0.15) is 0 Å². The number of hydrogen-bond acceptors (Lipinski definition) is 3. The molecular weight excluding hydrogens is 353 g/mol. The molecule has 2 rings (SSSR count). The first kappa shape index (κ1) is 26.0. The SMILES string of the molecule is CCN(CC)CC(C1CCCCCC1)N1CCNCC1.Cl.Cl.Cl. The molecule has 2 fully saturated rings. The van der Waals surface area contributed by atoms with Gasteiger partial charge in [0.25, 0.3) is 0 Å². The number of nitrogens with one attached hydrogen (secondary N) is 1. The summed E-state index contributed by atoms with van der Waals surface area (Å²) in [5.74, 6) is 0.941. The smallest absolute Gasteiger partial charge is 0.0252 e. The minimum absolute atomic E-state index is 0. The van der Waals surface area contributed by atoms with Crippen LogP contribution in [0.3, 0.4) is 0 Å². The fourth-order valence-corrected chi connectivity index (χ4v) is 4.02. The van der Waals surface area contributed by atoms with Crippen LogP contribution in [0.4, 0.5) is 0 Å². The highest BCUT2D eigenvalue weighted by Gasteiger charge is 2.29. The van der Waals surface area contributed by atoms with E-state index in [-0.39, 0.29) is 37.2 Å². The molecule has 1 heterocycles. The van der Waals surface area contributed by atoms with Gasteiger partial charge in [0.05, 0.1) is 0 Å². The molecule has 1 saturated heterocycles. The van der Waals surface area contributed by atoms with Crippen LogP contribution in [0.15, 0.2) is 0 Å². The van der Waals surface area contributed by atoms with Crippen molar-refractivity contribution in [2.45, 2.75) is 58.4 Å². The average Bonchev–Trinajstić information content (AvgIpc) is 2.78. The van der Waals surface area contributed by atoms with Gasteiger partial charge in [-0.3, -0.25) is 4.90 Å². The molecule has 1 unspecified atom stereocenters. The van der Waals surface area contributed by atoms with E-state index >= 15 is 0 Å². The lowest BCUT2D eigenvalue weighted by molar-refractivity contribution is 0.0810. The van der Waals surface area contributed by atoms with Gasteiger partial charge in [-0.25, -0.2) is 0 Å². The van der Waals surface area contributed by atoms with Gasteiger partial charge >= 0.3 is 0 Å². The number of hydrogen-bond donors (Lipinski definition) is 1. The summed E-state index contributed by atoms with van der Waals surface area (Å²) in [4.78, 5) is 5.43. The third-order valence-corrected chi connectivity index (χ3v) is 5.40. The van der Waals surface area contributed by atoms with Crippen LogP contribution in [-0.2, 0) is 0 Å². The van der Waals surface area contributed by atoms with Crippen molar-refractivity contribution in [3.05, 3.63) is 0 Å². The molecule has 0 radical (unpaired) electrons. The molecular formula is C17H38Cl3N3. The highest BCUT2D eigenvalue weighted by atomic mass is 35.5. The number of rotatable bonds is 6. The Morgan fingerprint density at radius 2 is 1.43 bits per heavy atom. The maximum atomic E-state index is 3.51. The fraction of sp³-hybridized carbons (Fsp3) is 1.00. The first-order chi connectivity index (χ1) is 9.85. The van der Waals surface area contributed by atoms with Crippen molar-refractivity contribution in [2.24, 2.45) is 5.92 Å². The minimum Gasteiger partial charge on any atom is -0.314 e. The van der Waals surface area contributed by atoms with Crippen LogP contribution in [0.1, 0.15) is 52.4 Å². The molecule has 1 aliphatic heterocycles. The molecule has 3 nitrogen and oxygen atoms in total. The zero-order chi connectivity index (χ0) is 14.2. The Balaban J connectivity index is 0. The summed E-state index contributed by atoms with van der Waals surface area (Å²) in [5, 5.41) is 3.51. The summed E-state index contributed by atoms with van der Waals surface area (Å²) in [5.41, 5.74) is 0. The Bertz CT molecular complexity index is 251. The zero-order valence-corrected chi connectivity index (χ0v) is 17.4. The molecule has 0 aromatic rings. The third kappa shape index (κ3) is 8.60. The van der Waals surface area contributed by atoms with Crippen molar-refractivity contribution in [2.75, 3.05) is 45.8 Å². The summed E-state index contributed by atoms with van der Waals surface area (Å²) in [6.07, 6.45) is 8.80. The van der Waals surface area contributed by atoms with Gasteiger partial charge in [-0.1, -0.05) is 39.5 Å². The standard InChI is InChI=1S/C17H35N3.3ClH/c1-3-19(4-2)15-17(20-13-11-18-12-14-20)16-9-7-5-6-8-10-16;;;/h16-18H,3-15H2,1-2H3;3*1H. The second kappa shape index (κ2) is 15.0. The molecule has 0 amide bonds. The van der Waals surface area contributed by atoms with E-state index in [1.165, 1.54) is 84.3 Å². The molecule has 1 atom stereocenters. The lowest BCUT2D eigenvalue weighted by Crippen LogP contribution is -2.54. The van der Waals surface area contributed by atoms with E-state index < -0.39 is 0 Å². The lowest BCUT2D eigenvalue weighted by atomic mass is 9.89. The van der Waals surface area contributed by atoms with Gasteiger partial charge in [-0.2, -0.15) is 0 Å². The molecule has 0 spiro atoms. The van der Waals surface area contributed by atoms with E-state index in [2.05, 4.69) is 29.0 Å². The third-order valence-electron chi connectivity index (χ3n) is 5.40. The monoisotopic (exact) mass is 389 g/mol. The van der Waals surface area contributed by atoms with E-state index in [1.54, 1.807) is 0 Å². The van der Waals surface area contributed by atoms with Gasteiger partial charge < -0.3 is 10.2 Å². The summed E-state index contributed by atoms with van der Waals surface area (Å²) < 4.78 is 0. The maximum absolute atomic E-state index is 3.51. The van der Waals surface area contributed by atoms with Crippen molar-refractivity contribution in [3.8, 4) is 0 Å². The summed E-state index contributed by atoms with van der Waals surface area (Å²) >= 11 is 0. The van der Waals surface area contributed by atoms with E-state index in [0.717, 1.165) is 12.0 Å². The number of likely N-dealkylation sites (N-methyl/N-ethyl adjacent to an activating group) is 1. The van der Waals surface area contributed by atoms with Crippen LogP contribution in [0, 0.1) is 5.92 Å². The van der Waals surface area contributed by atoms with Crippen molar-refractivity contribution in [1.29, 1.82) is 0 Å². The van der Waals surface area contributed by atoms with Gasteiger partial charge in [-0.05, 0) is 31.8 Å². The zero-order valence-electron chi connectivity index (χ0n) is 15.0. The lowest BCUT2D eigenvalue weighted by Gasteiger charge is -2.41. The van der Waals surface area contributed by atoms with Gasteiger partial charge in [0.2, 0.25) is 0 Å². The molecule has 2 aliphatic rings. The first-order valence-electron chi connectivity index (χ1n) is 9.02. The van der Waals surface area contributed by atoms with Crippen LogP contribution < -0.4 is 5.32 Å². The molecule has 0 aromatic carbocycles. The minimum atomic E-state index is 0. The van der Waals surface area contributed by atoms with Crippen molar-refractivity contribution < 1.29 is 0 Å². The van der Waals surface area contributed by atoms with E-state index in [9.17, 15) is 0 Å². The van der Waals surface area contributed by atoms with Gasteiger partial charge in [-0.15, -0.1) is 37.2 Å². The molecule has 1 aliphatic carbocycles. The van der Waals surface area contributed by atoms with Crippen molar-refractivity contribution in [1.82, 2.24) is 15.1 Å². The largest absolute Gasteiger partial charge is 0.314 e. The van der Waals surface area contributed by atoms with Crippen molar-refractivity contribution in [3.63, 3.8) is 0 Å². The number of halogens is 3. The molecule has 6 heteroatoms. The summed E-state index contributed by atoms with van der Waals surface area (Å²) in [7, 11) is 0. The quantitative estimate of drug-likeness (QED) is 0.695. The Morgan fingerprint density at radius 1 is 0.913 bits per heavy atom. The number of piperazine rings is 1. The first-order valence-corrected chi connectivity index (χ1v) is 9.02. The van der Waals surface area contributed by atoms with E-state index in [4.69, 9.17) is 0 Å². The highest BCUT2D eigenvalue weighted by Crippen LogP contribution is 2.29. The maximum Gasteiger partial charge on any atom is 0.0252 e. The predicted octanol–water partition coefficient (Wildman–Crippen LogP) is 3.84. The second-order valence-corrected chi connectivity index (χ2v) is 6.59. The molecule has 0 aromatic heterocycles. The van der Waals surface area contributed by atoms with Gasteiger partial charge in [0.15, 0.2) is 0 Å². The van der Waals surface area contributed by atoms with Gasteiger partial charge in [0, 0.05) is 38.8 Å². The van der Waals surface area contributed by atoms with Crippen LogP contribution in [0.5, 0.6) is 0 Å². The molecule has 142 valence electrons. The Hall–Kier alpha value is 0.750. The Labute approximate surface area is 162 Å². The van der Waals surface area contributed by atoms with Crippen LogP contribution in [0.25, 0.3) is 0 Å². The normalized spacial score (nSPS) is 21.5. The summed E-state index contributed by atoms with van der Waals surface area (Å²) in [6.45, 7) is 13.2. The van der Waals surface area contributed by atoms with E-state index in [1.807, 2.05) is 0 Å². The molecule has 0 bridgehead atoms.